The summed E-state index contributed by atoms with van der Waals surface area (Å²) in [6.07, 6.45) is 0.549. The number of hydrogen-bond acceptors (Lipinski definition) is 5. The van der Waals surface area contributed by atoms with E-state index >= 15 is 0 Å². The molecule has 0 bridgehead atoms. The van der Waals surface area contributed by atoms with Crippen molar-refractivity contribution in [2.45, 2.75) is 32.6 Å². The van der Waals surface area contributed by atoms with Gasteiger partial charge in [-0.15, -0.1) is 0 Å². The summed E-state index contributed by atoms with van der Waals surface area (Å²) < 4.78 is 5.83. The van der Waals surface area contributed by atoms with Crippen molar-refractivity contribution in [1.82, 2.24) is 9.80 Å². The average Bonchev–Trinajstić information content (AvgIpc) is 2.95. The number of benzene rings is 1. The summed E-state index contributed by atoms with van der Waals surface area (Å²) in [5, 5.41) is 19.1. The maximum absolute atomic E-state index is 9.83. The summed E-state index contributed by atoms with van der Waals surface area (Å²) in [6, 6.07) is 10.1. The predicted octanol–water partition coefficient (Wildman–Crippen LogP) is 1.71. The number of hydrogen-bond donors (Lipinski definition) is 1. The molecule has 136 valence electrons. The van der Waals surface area contributed by atoms with Crippen molar-refractivity contribution in [3.8, 4) is 6.07 Å². The second kappa shape index (κ2) is 8.29. The van der Waals surface area contributed by atoms with E-state index in [1.54, 1.807) is 0 Å². The standard InChI is InChI=1S/C20H29N3O2/c1-15-8-22(9-16(2)25-15)11-19-12-23(13-20(19)14-24)10-18-6-4-3-5-17(18)7-21/h3-6,15-16,19-20,24H,8-14H2,1-2H3/t15-,16+,19-,20-/m1/s1. The van der Waals surface area contributed by atoms with Crippen LogP contribution >= 0.6 is 0 Å². The predicted molar refractivity (Wildman–Crippen MR) is 96.9 cm³/mol. The van der Waals surface area contributed by atoms with E-state index in [0.29, 0.717) is 11.8 Å². The Balaban J connectivity index is 1.61. The van der Waals surface area contributed by atoms with Gasteiger partial charge in [-0.25, -0.2) is 0 Å². The van der Waals surface area contributed by atoms with Crippen LogP contribution in [0.15, 0.2) is 24.3 Å². The van der Waals surface area contributed by atoms with Crippen molar-refractivity contribution >= 4 is 0 Å². The lowest BCUT2D eigenvalue weighted by atomic mass is 9.96. The largest absolute Gasteiger partial charge is 0.396 e. The fourth-order valence-corrected chi connectivity index (χ4v) is 4.35. The number of morpholine rings is 1. The lowest BCUT2D eigenvalue weighted by Crippen LogP contribution is -2.48. The van der Waals surface area contributed by atoms with Crippen molar-refractivity contribution in [1.29, 1.82) is 5.26 Å². The fraction of sp³-hybridized carbons (Fsp3) is 0.650. The first-order valence-electron chi connectivity index (χ1n) is 9.28. The molecule has 0 unspecified atom stereocenters. The molecule has 0 aliphatic carbocycles. The van der Waals surface area contributed by atoms with E-state index in [0.717, 1.165) is 50.4 Å². The van der Waals surface area contributed by atoms with Gasteiger partial charge in [-0.2, -0.15) is 5.26 Å². The Morgan fingerprint density at radius 1 is 1.08 bits per heavy atom. The number of aliphatic hydroxyl groups is 1. The smallest absolute Gasteiger partial charge is 0.0995 e. The Morgan fingerprint density at radius 3 is 2.44 bits per heavy atom. The van der Waals surface area contributed by atoms with Gasteiger partial charge in [0.05, 0.1) is 23.8 Å². The number of ether oxygens (including phenoxy) is 1. The van der Waals surface area contributed by atoms with E-state index in [1.807, 2.05) is 24.3 Å². The fourth-order valence-electron chi connectivity index (χ4n) is 4.35. The molecule has 2 aliphatic heterocycles. The van der Waals surface area contributed by atoms with E-state index in [2.05, 4.69) is 29.7 Å². The van der Waals surface area contributed by atoms with Gasteiger partial charge in [-0.3, -0.25) is 9.80 Å². The first kappa shape index (κ1) is 18.3. The zero-order chi connectivity index (χ0) is 17.8. The number of nitrogens with zero attached hydrogens (tertiary/aromatic N) is 3. The molecule has 0 amide bonds. The molecular weight excluding hydrogens is 314 g/mol. The maximum atomic E-state index is 9.83. The van der Waals surface area contributed by atoms with Crippen molar-refractivity contribution in [3.63, 3.8) is 0 Å². The van der Waals surface area contributed by atoms with Crippen LogP contribution in [0.2, 0.25) is 0 Å². The molecule has 0 radical (unpaired) electrons. The summed E-state index contributed by atoms with van der Waals surface area (Å²) in [5.41, 5.74) is 1.83. The monoisotopic (exact) mass is 343 g/mol. The highest BCUT2D eigenvalue weighted by Gasteiger charge is 2.35. The first-order valence-corrected chi connectivity index (χ1v) is 9.28. The Kier molecular flexibility index (Phi) is 6.08. The van der Waals surface area contributed by atoms with Crippen LogP contribution in [0.3, 0.4) is 0 Å². The maximum Gasteiger partial charge on any atom is 0.0995 e. The molecular formula is C20H29N3O2. The zero-order valence-corrected chi connectivity index (χ0v) is 15.3. The molecule has 2 saturated heterocycles. The van der Waals surface area contributed by atoms with Gasteiger partial charge in [-0.1, -0.05) is 18.2 Å². The lowest BCUT2D eigenvalue weighted by Gasteiger charge is -2.37. The third-order valence-corrected chi connectivity index (χ3v) is 5.41. The second-order valence-corrected chi connectivity index (χ2v) is 7.64. The van der Waals surface area contributed by atoms with Crippen LogP contribution in [0.5, 0.6) is 0 Å². The van der Waals surface area contributed by atoms with Crippen molar-refractivity contribution < 1.29 is 9.84 Å². The first-order chi connectivity index (χ1) is 12.1. The minimum absolute atomic E-state index is 0.233. The normalized spacial score (nSPS) is 31.1. The quantitative estimate of drug-likeness (QED) is 0.882. The molecule has 2 aliphatic rings. The van der Waals surface area contributed by atoms with Gasteiger partial charge >= 0.3 is 0 Å². The van der Waals surface area contributed by atoms with Gasteiger partial charge in [0, 0.05) is 45.9 Å². The highest BCUT2D eigenvalue weighted by Crippen LogP contribution is 2.27. The Morgan fingerprint density at radius 2 is 1.76 bits per heavy atom. The molecule has 2 fully saturated rings. The van der Waals surface area contributed by atoms with Crippen LogP contribution < -0.4 is 0 Å². The molecule has 3 rings (SSSR count). The van der Waals surface area contributed by atoms with E-state index < -0.39 is 0 Å². The number of nitriles is 1. The van der Waals surface area contributed by atoms with Crippen LogP contribution in [-0.2, 0) is 11.3 Å². The van der Waals surface area contributed by atoms with Gasteiger partial charge in [0.1, 0.15) is 0 Å². The van der Waals surface area contributed by atoms with Crippen LogP contribution in [0.4, 0.5) is 0 Å². The van der Waals surface area contributed by atoms with Crippen LogP contribution in [0.25, 0.3) is 0 Å². The average molecular weight is 343 g/mol. The van der Waals surface area contributed by atoms with E-state index in [4.69, 9.17) is 4.74 Å². The molecule has 5 heteroatoms. The minimum atomic E-state index is 0.233. The van der Waals surface area contributed by atoms with Crippen LogP contribution in [0.1, 0.15) is 25.0 Å². The molecule has 2 heterocycles. The zero-order valence-electron chi connectivity index (χ0n) is 15.3. The Hall–Kier alpha value is -1.45. The Bertz CT molecular complexity index is 605. The Labute approximate surface area is 150 Å². The molecule has 1 aromatic carbocycles. The third-order valence-electron chi connectivity index (χ3n) is 5.41. The number of aliphatic hydroxyl groups excluding tert-OH is 1. The van der Waals surface area contributed by atoms with Crippen LogP contribution in [0, 0.1) is 23.2 Å². The molecule has 1 aromatic rings. The molecule has 25 heavy (non-hydrogen) atoms. The van der Waals surface area contributed by atoms with Gasteiger partial charge in [0.2, 0.25) is 0 Å². The summed E-state index contributed by atoms with van der Waals surface area (Å²) in [4.78, 5) is 4.87. The molecule has 5 nitrogen and oxygen atoms in total. The number of rotatable bonds is 5. The summed E-state index contributed by atoms with van der Waals surface area (Å²) in [5.74, 6) is 0.777. The van der Waals surface area contributed by atoms with Crippen molar-refractivity contribution in [3.05, 3.63) is 35.4 Å². The lowest BCUT2D eigenvalue weighted by molar-refractivity contribution is -0.0727. The minimum Gasteiger partial charge on any atom is -0.396 e. The highest BCUT2D eigenvalue weighted by molar-refractivity contribution is 5.37. The van der Waals surface area contributed by atoms with Gasteiger partial charge in [0.15, 0.2) is 0 Å². The van der Waals surface area contributed by atoms with E-state index in [1.165, 1.54) is 0 Å². The highest BCUT2D eigenvalue weighted by atomic mass is 16.5. The molecule has 1 N–H and O–H groups in total. The third kappa shape index (κ3) is 4.59. The SMILES string of the molecule is C[C@@H]1CN(C[C@@H]2CN(Cc3ccccc3C#N)C[C@@H]2CO)C[C@H](C)O1. The van der Waals surface area contributed by atoms with E-state index in [9.17, 15) is 10.4 Å². The van der Waals surface area contributed by atoms with Gasteiger partial charge in [-0.05, 0) is 37.3 Å². The molecule has 0 saturated carbocycles. The molecule has 4 atom stereocenters. The van der Waals surface area contributed by atoms with E-state index in [-0.39, 0.29) is 18.8 Å². The second-order valence-electron chi connectivity index (χ2n) is 7.64. The van der Waals surface area contributed by atoms with Gasteiger partial charge in [0.25, 0.3) is 0 Å². The van der Waals surface area contributed by atoms with Gasteiger partial charge < -0.3 is 9.84 Å². The number of likely N-dealkylation sites (tertiary alicyclic amines) is 1. The molecule has 0 spiro atoms. The van der Waals surface area contributed by atoms with Crippen molar-refractivity contribution in [2.75, 3.05) is 39.3 Å². The summed E-state index contributed by atoms with van der Waals surface area (Å²) >= 11 is 0. The molecule has 0 aromatic heterocycles. The van der Waals surface area contributed by atoms with Crippen LogP contribution in [-0.4, -0.2) is 66.4 Å². The summed E-state index contributed by atoms with van der Waals surface area (Å²) in [7, 11) is 0. The topological polar surface area (TPSA) is 59.7 Å². The van der Waals surface area contributed by atoms with Crippen molar-refractivity contribution in [2.24, 2.45) is 11.8 Å². The summed E-state index contributed by atoms with van der Waals surface area (Å²) in [6.45, 7) is 10.1.